The fraction of sp³-hybridized carbons (Fsp3) is 0.118. The summed E-state index contributed by atoms with van der Waals surface area (Å²) in [4.78, 5) is 29.2. The Labute approximate surface area is 164 Å². The zero-order chi connectivity index (χ0) is 18.1. The summed E-state index contributed by atoms with van der Waals surface area (Å²) in [5.74, 6) is -0.762. The molecule has 0 atom stereocenters. The molecule has 0 spiro atoms. The molecule has 3 rings (SSSR count). The third-order valence-electron chi connectivity index (χ3n) is 3.56. The molecule has 1 aliphatic heterocycles. The van der Waals surface area contributed by atoms with Crippen LogP contribution in [0.15, 0.2) is 51.1 Å². The van der Waals surface area contributed by atoms with E-state index in [1.54, 1.807) is 31.9 Å². The normalized spacial score (nSPS) is 15.2. The Morgan fingerprint density at radius 3 is 2.24 bits per heavy atom. The van der Waals surface area contributed by atoms with Crippen molar-refractivity contribution in [2.45, 2.75) is 9.10 Å². The maximum absolute atomic E-state index is 12.3. The number of thiophene rings is 1. The van der Waals surface area contributed by atoms with E-state index in [4.69, 9.17) is 23.8 Å². The molecule has 0 aliphatic carbocycles. The molecule has 4 nitrogen and oxygen atoms in total. The number of carbonyl (C=O) groups excluding carboxylic acids is 2. The molecular weight excluding hydrogens is 396 g/mol. The third kappa shape index (κ3) is 3.79. The maximum Gasteiger partial charge on any atom is 0.265 e. The summed E-state index contributed by atoms with van der Waals surface area (Å²) in [6.07, 6.45) is 1.62. The van der Waals surface area contributed by atoms with Crippen LogP contribution < -0.4 is 0 Å². The van der Waals surface area contributed by atoms with Gasteiger partial charge in [0.2, 0.25) is 0 Å². The van der Waals surface area contributed by atoms with E-state index < -0.39 is 0 Å². The molecule has 0 saturated carbocycles. The van der Waals surface area contributed by atoms with Crippen LogP contribution in [0, 0.1) is 0 Å². The van der Waals surface area contributed by atoms with Crippen LogP contribution in [0.2, 0.25) is 5.02 Å². The summed E-state index contributed by atoms with van der Waals surface area (Å²) in [5.41, 5.74) is 0.114. The molecule has 2 heterocycles. The van der Waals surface area contributed by atoms with Gasteiger partial charge in [-0.1, -0.05) is 23.4 Å². The van der Waals surface area contributed by atoms with E-state index in [-0.39, 0.29) is 22.5 Å². The van der Waals surface area contributed by atoms with Gasteiger partial charge in [-0.15, -0.1) is 11.3 Å². The SMILES string of the molecule is CN1C(=O)C(=Cc2ccc(Sc3ccc(Cl)cc3)s2)C(=O)N(C)C1=S. The van der Waals surface area contributed by atoms with Gasteiger partial charge in [0.15, 0.2) is 5.11 Å². The van der Waals surface area contributed by atoms with Gasteiger partial charge in [-0.2, -0.15) is 0 Å². The van der Waals surface area contributed by atoms with Crippen molar-refractivity contribution in [1.82, 2.24) is 9.80 Å². The zero-order valence-corrected chi connectivity index (χ0v) is 16.6. The highest BCUT2D eigenvalue weighted by atomic mass is 35.5. The number of thiocarbonyl (C=S) groups is 1. The largest absolute Gasteiger partial charge is 0.288 e. The summed E-state index contributed by atoms with van der Waals surface area (Å²) in [6.45, 7) is 0. The molecule has 1 aromatic carbocycles. The van der Waals surface area contributed by atoms with Crippen molar-refractivity contribution in [2.75, 3.05) is 14.1 Å². The summed E-state index contributed by atoms with van der Waals surface area (Å²) in [7, 11) is 3.13. The summed E-state index contributed by atoms with van der Waals surface area (Å²) < 4.78 is 1.06. The van der Waals surface area contributed by atoms with Crippen LogP contribution in [0.25, 0.3) is 6.08 Å². The second kappa shape index (κ2) is 7.29. The number of hydrogen-bond acceptors (Lipinski definition) is 5. The standard InChI is InChI=1S/C17H13ClN2O2S3/c1-19-15(21)13(16(22)20(2)17(19)23)9-12-7-8-14(25-12)24-11-5-3-10(18)4-6-11/h3-9H,1-2H3. The van der Waals surface area contributed by atoms with Crippen molar-refractivity contribution in [3.8, 4) is 0 Å². The molecule has 0 bridgehead atoms. The molecule has 1 aliphatic rings. The van der Waals surface area contributed by atoms with E-state index in [1.807, 2.05) is 36.4 Å². The number of carbonyl (C=O) groups is 2. The minimum absolute atomic E-state index is 0.114. The fourth-order valence-corrected chi connectivity index (χ4v) is 4.56. The molecule has 128 valence electrons. The first kappa shape index (κ1) is 18.1. The number of rotatable bonds is 3. The zero-order valence-electron chi connectivity index (χ0n) is 13.4. The second-order valence-electron chi connectivity index (χ2n) is 5.28. The van der Waals surface area contributed by atoms with Crippen molar-refractivity contribution >= 4 is 69.9 Å². The first-order valence-electron chi connectivity index (χ1n) is 7.22. The average Bonchev–Trinajstić information content (AvgIpc) is 3.04. The van der Waals surface area contributed by atoms with Gasteiger partial charge in [-0.3, -0.25) is 19.4 Å². The lowest BCUT2D eigenvalue weighted by Gasteiger charge is -2.31. The van der Waals surface area contributed by atoms with Crippen LogP contribution in [0.5, 0.6) is 0 Å². The fourth-order valence-electron chi connectivity index (χ4n) is 2.20. The van der Waals surface area contributed by atoms with Crippen LogP contribution in [0.1, 0.15) is 4.88 Å². The number of amides is 2. The summed E-state index contributed by atoms with van der Waals surface area (Å²) in [5, 5.41) is 0.902. The van der Waals surface area contributed by atoms with Gasteiger partial charge in [0.25, 0.3) is 11.8 Å². The highest BCUT2D eigenvalue weighted by Crippen LogP contribution is 2.35. The van der Waals surface area contributed by atoms with Crippen molar-refractivity contribution in [2.24, 2.45) is 0 Å². The minimum Gasteiger partial charge on any atom is -0.288 e. The van der Waals surface area contributed by atoms with Crippen LogP contribution >= 0.6 is 46.9 Å². The molecule has 0 radical (unpaired) electrons. The monoisotopic (exact) mass is 408 g/mol. The Balaban J connectivity index is 1.83. The van der Waals surface area contributed by atoms with Crippen molar-refractivity contribution in [3.63, 3.8) is 0 Å². The lowest BCUT2D eigenvalue weighted by Crippen LogP contribution is -2.52. The van der Waals surface area contributed by atoms with E-state index in [9.17, 15) is 9.59 Å². The van der Waals surface area contributed by atoms with Gasteiger partial charge < -0.3 is 0 Å². The summed E-state index contributed by atoms with van der Waals surface area (Å²) in [6, 6.07) is 11.4. The van der Waals surface area contributed by atoms with E-state index in [2.05, 4.69) is 0 Å². The first-order valence-corrected chi connectivity index (χ1v) is 9.64. The second-order valence-corrected chi connectivity index (χ2v) is 8.57. The Bertz CT molecular complexity index is 864. The highest BCUT2D eigenvalue weighted by molar-refractivity contribution is 8.01. The Morgan fingerprint density at radius 1 is 1.04 bits per heavy atom. The quantitative estimate of drug-likeness (QED) is 0.434. The average molecular weight is 409 g/mol. The topological polar surface area (TPSA) is 40.6 Å². The minimum atomic E-state index is -0.381. The van der Waals surface area contributed by atoms with Gasteiger partial charge in [-0.05, 0) is 54.7 Å². The lowest BCUT2D eigenvalue weighted by molar-refractivity contribution is -0.132. The van der Waals surface area contributed by atoms with Gasteiger partial charge in [-0.25, -0.2) is 0 Å². The van der Waals surface area contributed by atoms with Gasteiger partial charge in [0.05, 0.1) is 4.21 Å². The lowest BCUT2D eigenvalue weighted by atomic mass is 10.1. The van der Waals surface area contributed by atoms with Gasteiger partial charge in [0.1, 0.15) is 5.57 Å². The third-order valence-corrected chi connectivity index (χ3v) is 6.54. The summed E-state index contributed by atoms with van der Waals surface area (Å²) >= 11 is 14.1. The van der Waals surface area contributed by atoms with E-state index in [0.29, 0.717) is 5.02 Å². The molecule has 0 N–H and O–H groups in total. The van der Waals surface area contributed by atoms with Crippen LogP contribution in [-0.4, -0.2) is 40.8 Å². The predicted octanol–water partition coefficient (Wildman–Crippen LogP) is 4.15. The van der Waals surface area contributed by atoms with E-state index in [1.165, 1.54) is 21.1 Å². The van der Waals surface area contributed by atoms with Crippen molar-refractivity contribution < 1.29 is 9.59 Å². The van der Waals surface area contributed by atoms with Crippen LogP contribution in [-0.2, 0) is 9.59 Å². The highest BCUT2D eigenvalue weighted by Gasteiger charge is 2.35. The van der Waals surface area contributed by atoms with Gasteiger partial charge in [0, 0.05) is 28.9 Å². The Kier molecular flexibility index (Phi) is 5.29. The molecule has 8 heteroatoms. The number of hydrogen-bond donors (Lipinski definition) is 0. The van der Waals surface area contributed by atoms with Crippen molar-refractivity contribution in [3.05, 3.63) is 51.9 Å². The number of nitrogens with zero attached hydrogens (tertiary/aromatic N) is 2. The molecule has 0 unspecified atom stereocenters. The molecule has 2 aromatic rings. The van der Waals surface area contributed by atoms with E-state index >= 15 is 0 Å². The van der Waals surface area contributed by atoms with Gasteiger partial charge >= 0.3 is 0 Å². The Hall–Kier alpha value is -1.67. The Morgan fingerprint density at radius 2 is 1.64 bits per heavy atom. The molecule has 25 heavy (non-hydrogen) atoms. The molecule has 1 fully saturated rings. The number of benzene rings is 1. The van der Waals surface area contributed by atoms with Crippen LogP contribution in [0.4, 0.5) is 0 Å². The first-order chi connectivity index (χ1) is 11.9. The van der Waals surface area contributed by atoms with Crippen molar-refractivity contribution in [1.29, 1.82) is 0 Å². The van der Waals surface area contributed by atoms with Crippen LogP contribution in [0.3, 0.4) is 0 Å². The maximum atomic E-state index is 12.3. The molecular formula is C17H13ClN2O2S3. The van der Waals surface area contributed by atoms with E-state index in [0.717, 1.165) is 14.0 Å². The number of halogens is 1. The number of likely N-dealkylation sites (N-methyl/N-ethyl adjacent to an activating group) is 2. The predicted molar refractivity (Wildman–Crippen MR) is 106 cm³/mol. The molecule has 1 saturated heterocycles. The molecule has 1 aromatic heterocycles. The smallest absolute Gasteiger partial charge is 0.265 e. The molecule has 2 amide bonds.